The Morgan fingerprint density at radius 2 is 2.20 bits per heavy atom. The quantitative estimate of drug-likeness (QED) is 0.578. The van der Waals surface area contributed by atoms with Crippen LogP contribution in [0.1, 0.15) is 24.2 Å². The summed E-state index contributed by atoms with van der Waals surface area (Å²) >= 11 is 5.84. The van der Waals surface area contributed by atoms with Crippen molar-refractivity contribution < 1.29 is 9.53 Å². The van der Waals surface area contributed by atoms with Gasteiger partial charge in [-0.05, 0) is 32.1 Å². The lowest BCUT2D eigenvalue weighted by atomic mass is 10.2. The highest BCUT2D eigenvalue weighted by atomic mass is 35.5. The Morgan fingerprint density at radius 1 is 1.47 bits per heavy atom. The van der Waals surface area contributed by atoms with E-state index in [-0.39, 0.29) is 0 Å². The molecule has 0 atom stereocenters. The molecule has 0 saturated heterocycles. The Hall–Kier alpha value is -1.28. The van der Waals surface area contributed by atoms with E-state index in [1.165, 1.54) is 5.57 Å². The van der Waals surface area contributed by atoms with Crippen LogP contribution in [0.4, 0.5) is 0 Å². The fourth-order valence-corrected chi connectivity index (χ4v) is 1.27. The van der Waals surface area contributed by atoms with Gasteiger partial charge >= 0.3 is 0 Å². The van der Waals surface area contributed by atoms with Crippen LogP contribution < -0.4 is 4.74 Å². The van der Waals surface area contributed by atoms with Gasteiger partial charge in [0.2, 0.25) is 0 Å². The molecule has 2 nitrogen and oxygen atoms in total. The third kappa shape index (κ3) is 3.40. The van der Waals surface area contributed by atoms with E-state index in [9.17, 15) is 4.79 Å². The predicted octanol–water partition coefficient (Wildman–Crippen LogP) is 3.50. The molecular formula is C12H13ClO2. The lowest BCUT2D eigenvalue weighted by Gasteiger charge is -2.07. The zero-order valence-electron chi connectivity index (χ0n) is 8.79. The van der Waals surface area contributed by atoms with Crippen molar-refractivity contribution in [3.8, 4) is 5.75 Å². The largest absolute Gasteiger partial charge is 0.489 e. The van der Waals surface area contributed by atoms with Crippen molar-refractivity contribution in [2.24, 2.45) is 0 Å². The average molecular weight is 225 g/mol. The zero-order chi connectivity index (χ0) is 11.3. The Kier molecular flexibility index (Phi) is 4.37. The molecule has 0 spiro atoms. The number of ether oxygens (including phenoxy) is 1. The number of allylic oxidation sites excluding steroid dienone is 1. The Labute approximate surface area is 94.5 Å². The van der Waals surface area contributed by atoms with Crippen molar-refractivity contribution >= 4 is 17.9 Å². The van der Waals surface area contributed by atoms with Gasteiger partial charge in [0, 0.05) is 0 Å². The topological polar surface area (TPSA) is 26.3 Å². The molecule has 1 rings (SSSR count). The van der Waals surface area contributed by atoms with E-state index < -0.39 is 0 Å². The second-order valence-electron chi connectivity index (χ2n) is 3.36. The van der Waals surface area contributed by atoms with Gasteiger partial charge in [-0.25, -0.2) is 0 Å². The molecule has 0 bridgehead atoms. The van der Waals surface area contributed by atoms with Crippen LogP contribution in [0.3, 0.4) is 0 Å². The van der Waals surface area contributed by atoms with E-state index in [2.05, 4.69) is 0 Å². The van der Waals surface area contributed by atoms with Crippen LogP contribution >= 0.6 is 11.6 Å². The first kappa shape index (κ1) is 11.8. The van der Waals surface area contributed by atoms with Gasteiger partial charge in [0.25, 0.3) is 0 Å². The minimum atomic E-state index is 0.404. The summed E-state index contributed by atoms with van der Waals surface area (Å²) < 4.78 is 5.43. The Balaban J connectivity index is 2.81. The second kappa shape index (κ2) is 5.56. The molecule has 0 radical (unpaired) electrons. The molecule has 80 valence electrons. The molecule has 0 aliphatic heterocycles. The van der Waals surface area contributed by atoms with Crippen LogP contribution in [0, 0.1) is 0 Å². The van der Waals surface area contributed by atoms with Gasteiger partial charge in [-0.15, -0.1) is 0 Å². The summed E-state index contributed by atoms with van der Waals surface area (Å²) in [4.78, 5) is 10.8. The molecule has 0 saturated carbocycles. The average Bonchev–Trinajstić information content (AvgIpc) is 2.17. The highest BCUT2D eigenvalue weighted by molar-refractivity contribution is 6.33. The van der Waals surface area contributed by atoms with E-state index in [1.54, 1.807) is 18.2 Å². The molecule has 0 aromatic heterocycles. The first-order valence-electron chi connectivity index (χ1n) is 4.65. The number of carbonyl (C=O) groups excluding carboxylic acids is 1. The van der Waals surface area contributed by atoms with Gasteiger partial charge in [0.05, 0.1) is 10.6 Å². The maximum Gasteiger partial charge on any atom is 0.155 e. The van der Waals surface area contributed by atoms with Gasteiger partial charge in [0.15, 0.2) is 6.29 Å². The summed E-state index contributed by atoms with van der Waals surface area (Å²) in [6, 6.07) is 5.15. The molecule has 1 aromatic rings. The van der Waals surface area contributed by atoms with Crippen LogP contribution in [-0.2, 0) is 0 Å². The van der Waals surface area contributed by atoms with Crippen molar-refractivity contribution in [2.45, 2.75) is 13.8 Å². The predicted molar refractivity (Wildman–Crippen MR) is 61.8 cm³/mol. The maximum atomic E-state index is 10.8. The molecule has 0 aliphatic carbocycles. The van der Waals surface area contributed by atoms with E-state index in [0.29, 0.717) is 29.2 Å². The first-order valence-corrected chi connectivity index (χ1v) is 5.03. The standard InChI is InChI=1S/C12H13ClO2/c1-9(2)6-7-15-12-5-3-4-11(13)10(12)8-14/h3-6,8H,7H2,1-2H3. The Morgan fingerprint density at radius 3 is 2.80 bits per heavy atom. The highest BCUT2D eigenvalue weighted by Crippen LogP contribution is 2.24. The molecule has 0 fully saturated rings. The number of carbonyl (C=O) groups is 1. The van der Waals surface area contributed by atoms with E-state index in [1.807, 2.05) is 19.9 Å². The molecule has 0 N–H and O–H groups in total. The van der Waals surface area contributed by atoms with Crippen LogP contribution in [0.2, 0.25) is 5.02 Å². The molecular weight excluding hydrogens is 212 g/mol. The third-order valence-corrected chi connectivity index (χ3v) is 2.19. The third-order valence-electron chi connectivity index (χ3n) is 1.86. The van der Waals surface area contributed by atoms with Crippen LogP contribution in [0.15, 0.2) is 29.8 Å². The summed E-state index contributed by atoms with van der Waals surface area (Å²) in [5.41, 5.74) is 1.58. The van der Waals surface area contributed by atoms with Crippen molar-refractivity contribution in [3.63, 3.8) is 0 Å². The monoisotopic (exact) mass is 224 g/mol. The minimum Gasteiger partial charge on any atom is -0.489 e. The SMILES string of the molecule is CC(C)=CCOc1cccc(Cl)c1C=O. The molecule has 0 amide bonds. The summed E-state index contributed by atoms with van der Waals surface area (Å²) in [5, 5.41) is 0.416. The summed E-state index contributed by atoms with van der Waals surface area (Å²) in [6.07, 6.45) is 2.65. The van der Waals surface area contributed by atoms with Crippen LogP contribution in [0.25, 0.3) is 0 Å². The highest BCUT2D eigenvalue weighted by Gasteiger charge is 2.05. The smallest absolute Gasteiger partial charge is 0.155 e. The number of hydrogen-bond donors (Lipinski definition) is 0. The summed E-state index contributed by atoms with van der Waals surface area (Å²) in [6.45, 7) is 4.42. The molecule has 0 unspecified atom stereocenters. The van der Waals surface area contributed by atoms with Crippen LogP contribution in [-0.4, -0.2) is 12.9 Å². The minimum absolute atomic E-state index is 0.404. The van der Waals surface area contributed by atoms with Gasteiger partial charge < -0.3 is 4.74 Å². The van der Waals surface area contributed by atoms with Gasteiger partial charge in [-0.2, -0.15) is 0 Å². The van der Waals surface area contributed by atoms with Crippen LogP contribution in [0.5, 0.6) is 5.75 Å². The summed E-state index contributed by atoms with van der Waals surface area (Å²) in [5.74, 6) is 0.523. The number of hydrogen-bond acceptors (Lipinski definition) is 2. The van der Waals surface area contributed by atoms with Crippen molar-refractivity contribution in [3.05, 3.63) is 40.4 Å². The van der Waals surface area contributed by atoms with E-state index in [0.717, 1.165) is 0 Å². The number of aldehydes is 1. The number of benzene rings is 1. The van der Waals surface area contributed by atoms with Crippen molar-refractivity contribution in [1.29, 1.82) is 0 Å². The molecule has 0 heterocycles. The van der Waals surface area contributed by atoms with Gasteiger partial charge in [-0.1, -0.05) is 23.2 Å². The molecule has 3 heteroatoms. The molecule has 1 aromatic carbocycles. The fraction of sp³-hybridized carbons (Fsp3) is 0.250. The van der Waals surface area contributed by atoms with E-state index >= 15 is 0 Å². The second-order valence-corrected chi connectivity index (χ2v) is 3.77. The maximum absolute atomic E-state index is 10.8. The lowest BCUT2D eigenvalue weighted by molar-refractivity contribution is 0.112. The zero-order valence-corrected chi connectivity index (χ0v) is 9.54. The lowest BCUT2D eigenvalue weighted by Crippen LogP contribution is -1.98. The van der Waals surface area contributed by atoms with Crippen molar-refractivity contribution in [2.75, 3.05) is 6.61 Å². The molecule has 15 heavy (non-hydrogen) atoms. The van der Waals surface area contributed by atoms with Crippen molar-refractivity contribution in [1.82, 2.24) is 0 Å². The first-order chi connectivity index (χ1) is 7.15. The molecule has 0 aliphatic rings. The van der Waals surface area contributed by atoms with Gasteiger partial charge in [-0.3, -0.25) is 4.79 Å². The summed E-state index contributed by atoms with van der Waals surface area (Å²) in [7, 11) is 0. The fourth-order valence-electron chi connectivity index (χ4n) is 1.06. The van der Waals surface area contributed by atoms with E-state index in [4.69, 9.17) is 16.3 Å². The normalized spacial score (nSPS) is 9.53. The number of rotatable bonds is 4. The van der Waals surface area contributed by atoms with Gasteiger partial charge in [0.1, 0.15) is 12.4 Å². The number of halogens is 1. The Bertz CT molecular complexity index is 379.